The Morgan fingerprint density at radius 3 is 2.10 bits per heavy atom. The van der Waals surface area contributed by atoms with Gasteiger partial charge >= 0.3 is 0 Å². The Kier molecular flexibility index (Phi) is 12.6. The average molecular weight is 723 g/mol. The number of nitrogens with zero attached hydrogens (tertiary/aromatic N) is 2. The third kappa shape index (κ3) is 9.15. The van der Waals surface area contributed by atoms with Gasteiger partial charge in [0.05, 0.1) is 17.2 Å². The van der Waals surface area contributed by atoms with Gasteiger partial charge in [0.25, 0.3) is 10.0 Å². The SMILES string of the molecule is CCOc1ccccc1N(CC(=O)N(Cc1c(Cl)cccc1Cl)[C@@H](Cc1ccccc1)C(=O)NC1CCCCC1)S(=O)(=O)c1ccccc1. The van der Waals surface area contributed by atoms with Crippen molar-refractivity contribution in [2.45, 2.75) is 69.0 Å². The number of hydrogen-bond acceptors (Lipinski definition) is 5. The number of hydrogen-bond donors (Lipinski definition) is 1. The average Bonchev–Trinajstić information content (AvgIpc) is 3.11. The van der Waals surface area contributed by atoms with Crippen molar-refractivity contribution in [2.75, 3.05) is 17.5 Å². The number of carbonyl (C=O) groups excluding carboxylic acids is 2. The van der Waals surface area contributed by atoms with Gasteiger partial charge in [0.2, 0.25) is 11.8 Å². The van der Waals surface area contributed by atoms with Gasteiger partial charge in [-0.05, 0) is 61.7 Å². The van der Waals surface area contributed by atoms with Crippen molar-refractivity contribution in [2.24, 2.45) is 0 Å². The predicted octanol–water partition coefficient (Wildman–Crippen LogP) is 7.68. The maximum Gasteiger partial charge on any atom is 0.264 e. The standard InChI is InChI=1S/C38H41Cl2N3O5S/c1-2-48-36-24-13-12-23-34(36)43(49(46,47)30-19-10-5-11-20-30)27-37(44)42(26-31-32(39)21-14-22-33(31)40)35(25-28-15-6-3-7-16-28)38(45)41-29-17-8-4-9-18-29/h3,5-7,10-16,19-24,29,35H,2,4,8-9,17-18,25-27H2,1H3,(H,41,45)/t35-/m0/s1. The summed E-state index contributed by atoms with van der Waals surface area (Å²) in [5.41, 5.74) is 1.49. The number of carbonyl (C=O) groups is 2. The van der Waals surface area contributed by atoms with Crippen LogP contribution in [-0.4, -0.2) is 50.4 Å². The fourth-order valence-corrected chi connectivity index (χ4v) is 8.09. The molecule has 49 heavy (non-hydrogen) atoms. The number of ether oxygens (including phenoxy) is 1. The minimum absolute atomic E-state index is 0.00526. The van der Waals surface area contributed by atoms with Crippen molar-refractivity contribution in [3.05, 3.63) is 124 Å². The molecule has 258 valence electrons. The second-order valence-electron chi connectivity index (χ2n) is 12.0. The van der Waals surface area contributed by atoms with Crippen LogP contribution in [0.2, 0.25) is 10.0 Å². The molecule has 1 saturated carbocycles. The van der Waals surface area contributed by atoms with Crippen LogP contribution >= 0.6 is 23.2 Å². The summed E-state index contributed by atoms with van der Waals surface area (Å²) in [7, 11) is -4.29. The quantitative estimate of drug-likeness (QED) is 0.144. The molecule has 8 nitrogen and oxygen atoms in total. The highest BCUT2D eigenvalue weighted by Gasteiger charge is 2.36. The summed E-state index contributed by atoms with van der Waals surface area (Å²) in [5, 5.41) is 3.86. The summed E-state index contributed by atoms with van der Waals surface area (Å²) in [6.07, 6.45) is 5.03. The molecular weight excluding hydrogens is 681 g/mol. The molecule has 1 N–H and O–H groups in total. The summed E-state index contributed by atoms with van der Waals surface area (Å²) in [5.74, 6) is -0.630. The van der Waals surface area contributed by atoms with Crippen LogP contribution in [0.15, 0.2) is 108 Å². The summed E-state index contributed by atoms with van der Waals surface area (Å²) >= 11 is 13.3. The van der Waals surface area contributed by atoms with E-state index in [2.05, 4.69) is 5.32 Å². The Morgan fingerprint density at radius 2 is 1.45 bits per heavy atom. The summed E-state index contributed by atoms with van der Waals surface area (Å²) < 4.78 is 35.6. The lowest BCUT2D eigenvalue weighted by atomic mass is 9.94. The number of sulfonamides is 1. The Morgan fingerprint density at radius 1 is 0.837 bits per heavy atom. The van der Waals surface area contributed by atoms with Gasteiger partial charge in [0, 0.05) is 34.6 Å². The van der Waals surface area contributed by atoms with Crippen LogP contribution in [0.5, 0.6) is 5.75 Å². The minimum Gasteiger partial charge on any atom is -0.492 e. The molecule has 0 radical (unpaired) electrons. The first kappa shape index (κ1) is 36.2. The Labute approximate surface area is 299 Å². The number of para-hydroxylation sites is 2. The van der Waals surface area contributed by atoms with Gasteiger partial charge in [0.1, 0.15) is 18.3 Å². The number of nitrogens with one attached hydrogen (secondary N) is 1. The van der Waals surface area contributed by atoms with Crippen molar-refractivity contribution in [3.8, 4) is 5.75 Å². The van der Waals surface area contributed by atoms with Crippen molar-refractivity contribution >= 4 is 50.7 Å². The van der Waals surface area contributed by atoms with Gasteiger partial charge in [-0.25, -0.2) is 8.42 Å². The second-order valence-corrected chi connectivity index (χ2v) is 14.7. The zero-order valence-corrected chi connectivity index (χ0v) is 29.8. The maximum absolute atomic E-state index is 14.8. The molecule has 0 saturated heterocycles. The number of halogens is 2. The number of amides is 2. The summed E-state index contributed by atoms with van der Waals surface area (Å²) in [6.45, 7) is 1.33. The molecule has 0 unspecified atom stereocenters. The number of rotatable bonds is 14. The molecule has 0 spiro atoms. The van der Waals surface area contributed by atoms with Crippen LogP contribution in [0.4, 0.5) is 5.69 Å². The largest absolute Gasteiger partial charge is 0.492 e. The van der Waals surface area contributed by atoms with E-state index in [-0.39, 0.29) is 42.1 Å². The van der Waals surface area contributed by atoms with Crippen LogP contribution in [0.3, 0.4) is 0 Å². The van der Waals surface area contributed by atoms with Gasteiger partial charge < -0.3 is 15.0 Å². The summed E-state index contributed by atoms with van der Waals surface area (Å²) in [6, 6.07) is 28.1. The topological polar surface area (TPSA) is 96.0 Å². The molecule has 1 aliphatic carbocycles. The lowest BCUT2D eigenvalue weighted by molar-refractivity contribution is -0.140. The van der Waals surface area contributed by atoms with Crippen LogP contribution in [0, 0.1) is 0 Å². The molecule has 0 bridgehead atoms. The van der Waals surface area contributed by atoms with E-state index in [1.807, 2.05) is 30.3 Å². The molecular formula is C38H41Cl2N3O5S. The molecule has 0 aromatic heterocycles. The first-order valence-electron chi connectivity index (χ1n) is 16.5. The molecule has 0 heterocycles. The third-order valence-corrected chi connectivity index (χ3v) is 11.1. The first-order chi connectivity index (χ1) is 23.7. The lowest BCUT2D eigenvalue weighted by Crippen LogP contribution is -2.55. The number of anilines is 1. The first-order valence-corrected chi connectivity index (χ1v) is 18.7. The van der Waals surface area contributed by atoms with Gasteiger partial charge in [0.15, 0.2) is 0 Å². The molecule has 1 fully saturated rings. The Balaban J connectivity index is 1.61. The molecule has 2 amide bonds. The smallest absolute Gasteiger partial charge is 0.264 e. The third-order valence-electron chi connectivity index (χ3n) is 8.66. The predicted molar refractivity (Wildman–Crippen MR) is 195 cm³/mol. The van der Waals surface area contributed by atoms with Crippen LogP contribution in [0.25, 0.3) is 0 Å². The van der Waals surface area contributed by atoms with E-state index in [0.717, 1.165) is 42.0 Å². The molecule has 1 atom stereocenters. The highest BCUT2D eigenvalue weighted by Crippen LogP contribution is 2.34. The fraction of sp³-hybridized carbons (Fsp3) is 0.316. The highest BCUT2D eigenvalue weighted by molar-refractivity contribution is 7.92. The van der Waals surface area contributed by atoms with E-state index in [0.29, 0.717) is 21.4 Å². The highest BCUT2D eigenvalue weighted by atomic mass is 35.5. The van der Waals surface area contributed by atoms with Gasteiger partial charge in [-0.15, -0.1) is 0 Å². The molecule has 1 aliphatic rings. The summed E-state index contributed by atoms with van der Waals surface area (Å²) in [4.78, 5) is 30.6. The normalized spacial score (nSPS) is 14.1. The molecule has 0 aliphatic heterocycles. The Hall–Kier alpha value is -4.05. The van der Waals surface area contributed by atoms with E-state index in [1.54, 1.807) is 67.6 Å². The zero-order valence-electron chi connectivity index (χ0n) is 27.4. The van der Waals surface area contributed by atoms with Crippen molar-refractivity contribution < 1.29 is 22.7 Å². The molecule has 11 heteroatoms. The van der Waals surface area contributed by atoms with E-state index in [9.17, 15) is 18.0 Å². The molecule has 5 rings (SSSR count). The van der Waals surface area contributed by atoms with Gasteiger partial charge in [-0.3, -0.25) is 13.9 Å². The van der Waals surface area contributed by atoms with E-state index >= 15 is 0 Å². The minimum atomic E-state index is -4.29. The van der Waals surface area contributed by atoms with E-state index in [1.165, 1.54) is 17.0 Å². The maximum atomic E-state index is 14.8. The molecule has 4 aromatic carbocycles. The van der Waals surface area contributed by atoms with Crippen LogP contribution in [0.1, 0.15) is 50.2 Å². The monoisotopic (exact) mass is 721 g/mol. The van der Waals surface area contributed by atoms with Crippen molar-refractivity contribution in [1.82, 2.24) is 10.2 Å². The van der Waals surface area contributed by atoms with Crippen molar-refractivity contribution in [1.29, 1.82) is 0 Å². The van der Waals surface area contributed by atoms with Crippen LogP contribution < -0.4 is 14.4 Å². The van der Waals surface area contributed by atoms with E-state index in [4.69, 9.17) is 27.9 Å². The van der Waals surface area contributed by atoms with Gasteiger partial charge in [-0.2, -0.15) is 0 Å². The second kappa shape index (κ2) is 17.1. The zero-order chi connectivity index (χ0) is 34.8. The van der Waals surface area contributed by atoms with Crippen LogP contribution in [-0.2, 0) is 32.6 Å². The fourth-order valence-electron chi connectivity index (χ4n) is 6.13. The van der Waals surface area contributed by atoms with E-state index < -0.39 is 28.5 Å². The Bertz CT molecular complexity index is 1800. The molecule has 4 aromatic rings. The van der Waals surface area contributed by atoms with Crippen molar-refractivity contribution in [3.63, 3.8) is 0 Å². The number of benzene rings is 4. The lowest BCUT2D eigenvalue weighted by Gasteiger charge is -2.35. The van der Waals surface area contributed by atoms with Gasteiger partial charge in [-0.1, -0.05) is 109 Å².